The molecule has 0 unspecified atom stereocenters. The summed E-state index contributed by atoms with van der Waals surface area (Å²) in [5, 5.41) is 0. The Labute approximate surface area is 88.6 Å². The summed E-state index contributed by atoms with van der Waals surface area (Å²) in [6, 6.07) is 2.41. The van der Waals surface area contributed by atoms with Gasteiger partial charge < -0.3 is 0 Å². The van der Waals surface area contributed by atoms with E-state index in [9.17, 15) is 22.4 Å². The summed E-state index contributed by atoms with van der Waals surface area (Å²) in [6.45, 7) is -0.0990. The number of hydrogen-bond donors (Lipinski definition) is 0. The molecule has 0 aliphatic rings. The number of halogens is 4. The van der Waals surface area contributed by atoms with Gasteiger partial charge in [-0.15, -0.1) is 0 Å². The van der Waals surface area contributed by atoms with Crippen molar-refractivity contribution in [3.63, 3.8) is 0 Å². The molecule has 0 aliphatic carbocycles. The first kappa shape index (κ1) is 12.4. The van der Waals surface area contributed by atoms with E-state index in [0.717, 1.165) is 12.1 Å². The highest BCUT2D eigenvalue weighted by molar-refractivity contribution is 5.34. The van der Waals surface area contributed by atoms with Crippen LogP contribution in [-0.2, 0) is 17.4 Å². The van der Waals surface area contributed by atoms with E-state index in [2.05, 4.69) is 4.99 Å². The van der Waals surface area contributed by atoms with E-state index in [0.29, 0.717) is 6.07 Å². The SMILES string of the molecule is O=C=NCCc1ccc(F)cc1C(F)(F)F. The Bertz CT molecular complexity index is 421. The summed E-state index contributed by atoms with van der Waals surface area (Å²) >= 11 is 0. The minimum atomic E-state index is -4.61. The normalized spacial score (nSPS) is 11.0. The molecule has 1 rings (SSSR count). The lowest BCUT2D eigenvalue weighted by Crippen LogP contribution is -2.10. The van der Waals surface area contributed by atoms with E-state index < -0.39 is 17.6 Å². The van der Waals surface area contributed by atoms with Gasteiger partial charge in [0, 0.05) is 0 Å². The summed E-state index contributed by atoms with van der Waals surface area (Å²) in [6.07, 6.45) is -3.46. The van der Waals surface area contributed by atoms with E-state index in [1.165, 1.54) is 6.08 Å². The number of alkyl halides is 3. The Hall–Kier alpha value is -1.68. The fourth-order valence-electron chi connectivity index (χ4n) is 1.25. The maximum Gasteiger partial charge on any atom is 0.416 e. The highest BCUT2D eigenvalue weighted by atomic mass is 19.4. The zero-order valence-corrected chi connectivity index (χ0v) is 8.01. The van der Waals surface area contributed by atoms with Crippen LogP contribution >= 0.6 is 0 Å². The lowest BCUT2D eigenvalue weighted by atomic mass is 10.0. The van der Waals surface area contributed by atoms with Crippen molar-refractivity contribution in [2.45, 2.75) is 12.6 Å². The Morgan fingerprint density at radius 3 is 2.56 bits per heavy atom. The molecule has 0 bridgehead atoms. The summed E-state index contributed by atoms with van der Waals surface area (Å²) in [4.78, 5) is 12.9. The molecule has 0 aromatic heterocycles. The Balaban J connectivity index is 3.03. The molecule has 0 N–H and O–H groups in total. The largest absolute Gasteiger partial charge is 0.416 e. The molecule has 0 fully saturated rings. The summed E-state index contributed by atoms with van der Waals surface area (Å²) in [7, 11) is 0. The average molecular weight is 233 g/mol. The van der Waals surface area contributed by atoms with E-state index in [4.69, 9.17) is 0 Å². The highest BCUT2D eigenvalue weighted by Crippen LogP contribution is 2.32. The number of nitrogens with zero attached hydrogens (tertiary/aromatic N) is 1. The molecule has 0 saturated heterocycles. The maximum atomic E-state index is 12.7. The molecule has 0 radical (unpaired) electrons. The minimum absolute atomic E-state index is 0.0790. The van der Waals surface area contributed by atoms with Gasteiger partial charge in [0.25, 0.3) is 0 Å². The second-order valence-electron chi connectivity index (χ2n) is 3.02. The van der Waals surface area contributed by atoms with E-state index in [1.54, 1.807) is 0 Å². The smallest absolute Gasteiger partial charge is 0.211 e. The van der Waals surface area contributed by atoms with Gasteiger partial charge in [0.1, 0.15) is 5.82 Å². The maximum absolute atomic E-state index is 12.7. The van der Waals surface area contributed by atoms with Crippen molar-refractivity contribution in [3.05, 3.63) is 35.1 Å². The number of carbonyl (C=O) groups excluding carboxylic acids is 1. The predicted octanol–water partition coefficient (Wildman–Crippen LogP) is 2.72. The monoisotopic (exact) mass is 233 g/mol. The van der Waals surface area contributed by atoms with Crippen LogP contribution in [-0.4, -0.2) is 12.6 Å². The van der Waals surface area contributed by atoms with Crippen LogP contribution < -0.4 is 0 Å². The third-order valence-electron chi connectivity index (χ3n) is 1.93. The van der Waals surface area contributed by atoms with Crippen molar-refractivity contribution in [2.24, 2.45) is 4.99 Å². The first-order valence-electron chi connectivity index (χ1n) is 4.34. The molecule has 1 aromatic carbocycles. The fourth-order valence-corrected chi connectivity index (χ4v) is 1.25. The zero-order chi connectivity index (χ0) is 12.2. The van der Waals surface area contributed by atoms with Crippen LogP contribution in [0, 0.1) is 5.82 Å². The van der Waals surface area contributed by atoms with Crippen LogP contribution in [0.25, 0.3) is 0 Å². The van der Waals surface area contributed by atoms with Crippen molar-refractivity contribution < 1.29 is 22.4 Å². The number of rotatable bonds is 3. The lowest BCUT2D eigenvalue weighted by molar-refractivity contribution is -0.138. The topological polar surface area (TPSA) is 29.4 Å². The van der Waals surface area contributed by atoms with Gasteiger partial charge in [-0.25, -0.2) is 14.2 Å². The highest BCUT2D eigenvalue weighted by Gasteiger charge is 2.33. The van der Waals surface area contributed by atoms with Gasteiger partial charge in [0.15, 0.2) is 0 Å². The summed E-state index contributed by atoms with van der Waals surface area (Å²) in [5.74, 6) is -0.949. The van der Waals surface area contributed by atoms with Crippen molar-refractivity contribution in [2.75, 3.05) is 6.54 Å². The van der Waals surface area contributed by atoms with E-state index in [-0.39, 0.29) is 18.5 Å². The molecule has 0 spiro atoms. The number of benzene rings is 1. The Morgan fingerprint density at radius 2 is 2.00 bits per heavy atom. The van der Waals surface area contributed by atoms with Crippen molar-refractivity contribution >= 4 is 6.08 Å². The first-order valence-corrected chi connectivity index (χ1v) is 4.34. The number of isocyanates is 1. The molecular formula is C10H7F4NO. The molecule has 86 valence electrons. The average Bonchev–Trinajstić information content (AvgIpc) is 2.19. The standard InChI is InChI=1S/C10H7F4NO/c11-8-2-1-7(3-4-15-6-16)9(5-8)10(12,13)14/h1-2,5H,3-4H2. The lowest BCUT2D eigenvalue weighted by Gasteiger charge is -2.11. The van der Waals surface area contributed by atoms with Gasteiger partial charge in [0.05, 0.1) is 12.1 Å². The van der Waals surface area contributed by atoms with Crippen molar-refractivity contribution in [1.82, 2.24) is 0 Å². The molecule has 6 heteroatoms. The molecule has 0 atom stereocenters. The van der Waals surface area contributed by atoms with Gasteiger partial charge in [-0.05, 0) is 24.1 Å². The van der Waals surface area contributed by atoms with E-state index in [1.807, 2.05) is 0 Å². The molecular weight excluding hydrogens is 226 g/mol. The van der Waals surface area contributed by atoms with Crippen LogP contribution in [0.2, 0.25) is 0 Å². The molecule has 0 heterocycles. The van der Waals surface area contributed by atoms with Gasteiger partial charge >= 0.3 is 6.18 Å². The number of aliphatic imine (C=N–C) groups is 1. The van der Waals surface area contributed by atoms with Gasteiger partial charge in [-0.1, -0.05) is 6.07 Å². The summed E-state index contributed by atoms with van der Waals surface area (Å²) in [5.41, 5.74) is -1.12. The van der Waals surface area contributed by atoms with Gasteiger partial charge in [-0.2, -0.15) is 13.2 Å². The molecule has 1 aromatic rings. The molecule has 16 heavy (non-hydrogen) atoms. The fraction of sp³-hybridized carbons (Fsp3) is 0.300. The molecule has 0 amide bonds. The third kappa shape index (κ3) is 3.17. The minimum Gasteiger partial charge on any atom is -0.211 e. The van der Waals surface area contributed by atoms with Crippen LogP contribution in [0.5, 0.6) is 0 Å². The van der Waals surface area contributed by atoms with Crippen LogP contribution in [0.3, 0.4) is 0 Å². The van der Waals surface area contributed by atoms with Crippen LogP contribution in [0.4, 0.5) is 17.6 Å². The quantitative estimate of drug-likeness (QED) is 0.448. The first-order chi connectivity index (χ1) is 7.45. The van der Waals surface area contributed by atoms with Crippen LogP contribution in [0.15, 0.2) is 23.2 Å². The van der Waals surface area contributed by atoms with E-state index >= 15 is 0 Å². The second kappa shape index (κ2) is 4.90. The Morgan fingerprint density at radius 1 is 1.31 bits per heavy atom. The predicted molar refractivity (Wildman–Crippen MR) is 48.1 cm³/mol. The second-order valence-corrected chi connectivity index (χ2v) is 3.02. The number of hydrogen-bond acceptors (Lipinski definition) is 2. The van der Waals surface area contributed by atoms with Crippen molar-refractivity contribution in [1.29, 1.82) is 0 Å². The van der Waals surface area contributed by atoms with Gasteiger partial charge in [-0.3, -0.25) is 0 Å². The van der Waals surface area contributed by atoms with Crippen molar-refractivity contribution in [3.8, 4) is 0 Å². The molecule has 2 nitrogen and oxygen atoms in total. The van der Waals surface area contributed by atoms with Crippen LogP contribution in [0.1, 0.15) is 11.1 Å². The molecule has 0 aliphatic heterocycles. The third-order valence-corrected chi connectivity index (χ3v) is 1.93. The van der Waals surface area contributed by atoms with Gasteiger partial charge in [0.2, 0.25) is 6.08 Å². The summed E-state index contributed by atoms with van der Waals surface area (Å²) < 4.78 is 50.1. The zero-order valence-electron chi connectivity index (χ0n) is 8.01. The Kier molecular flexibility index (Phi) is 3.79. The molecule has 0 saturated carbocycles.